The van der Waals surface area contributed by atoms with Crippen LogP contribution in [0.5, 0.6) is 11.5 Å². The Morgan fingerprint density at radius 3 is 2.62 bits per heavy atom. The molecule has 6 heteroatoms. The minimum atomic E-state index is -0.506. The number of carbonyl (C=O) groups is 1. The molecule has 0 aliphatic carbocycles. The zero-order valence-electron chi connectivity index (χ0n) is 14.5. The Bertz CT molecular complexity index is 889. The van der Waals surface area contributed by atoms with Gasteiger partial charge in [0.05, 0.1) is 14.2 Å². The Hall–Kier alpha value is -3.15. The van der Waals surface area contributed by atoms with Gasteiger partial charge in [-0.3, -0.25) is 0 Å². The number of benzene rings is 2. The van der Waals surface area contributed by atoms with Gasteiger partial charge in [-0.2, -0.15) is 0 Å². The normalized spacial score (nSPS) is 15.0. The Labute approximate surface area is 150 Å². The van der Waals surface area contributed by atoms with E-state index in [4.69, 9.17) is 14.2 Å². The van der Waals surface area contributed by atoms with E-state index < -0.39 is 5.97 Å². The van der Waals surface area contributed by atoms with Crippen molar-refractivity contribution in [3.63, 3.8) is 0 Å². The summed E-state index contributed by atoms with van der Waals surface area (Å²) in [6.45, 7) is 0. The fourth-order valence-corrected chi connectivity index (χ4v) is 2.60. The molecular weight excluding hydrogens is 337 g/mol. The molecule has 26 heavy (non-hydrogen) atoms. The van der Waals surface area contributed by atoms with Crippen LogP contribution < -0.4 is 9.47 Å². The summed E-state index contributed by atoms with van der Waals surface area (Å²) in [7, 11) is 3.10. The molecule has 134 valence electrons. The molecule has 2 aromatic rings. The zero-order valence-corrected chi connectivity index (χ0v) is 14.5. The fraction of sp³-hybridized carbons (Fsp3) is 0.200. The molecule has 0 spiro atoms. The van der Waals surface area contributed by atoms with Crippen LogP contribution in [-0.4, -0.2) is 26.1 Å². The van der Waals surface area contributed by atoms with Gasteiger partial charge >= 0.3 is 5.97 Å². The molecule has 0 bridgehead atoms. The van der Waals surface area contributed by atoms with E-state index in [1.165, 1.54) is 12.1 Å². The number of methoxy groups -OCH3 is 2. The highest BCUT2D eigenvalue weighted by atomic mass is 19.1. The van der Waals surface area contributed by atoms with Crippen LogP contribution >= 0.6 is 0 Å². The van der Waals surface area contributed by atoms with Crippen molar-refractivity contribution in [2.75, 3.05) is 14.2 Å². The van der Waals surface area contributed by atoms with Crippen LogP contribution in [0.25, 0.3) is 6.08 Å². The number of hydrogen-bond acceptors (Lipinski definition) is 5. The van der Waals surface area contributed by atoms with Gasteiger partial charge in [0.15, 0.2) is 23.1 Å². The van der Waals surface area contributed by atoms with E-state index in [9.17, 15) is 9.18 Å². The molecule has 1 aliphatic heterocycles. The van der Waals surface area contributed by atoms with Gasteiger partial charge in [-0.25, -0.2) is 14.2 Å². The van der Waals surface area contributed by atoms with E-state index in [1.807, 2.05) is 6.07 Å². The van der Waals surface area contributed by atoms with Crippen LogP contribution in [0, 0.1) is 5.82 Å². The van der Waals surface area contributed by atoms with Crippen molar-refractivity contribution < 1.29 is 23.4 Å². The third-order valence-electron chi connectivity index (χ3n) is 3.89. The molecule has 0 unspecified atom stereocenters. The molecule has 0 atom stereocenters. The molecule has 0 saturated carbocycles. The Morgan fingerprint density at radius 1 is 1.08 bits per heavy atom. The number of aryl methyl sites for hydroxylation is 1. The van der Waals surface area contributed by atoms with Gasteiger partial charge in [0.25, 0.3) is 0 Å². The van der Waals surface area contributed by atoms with E-state index in [0.717, 1.165) is 11.1 Å². The first kappa shape index (κ1) is 17.7. The molecule has 0 saturated heterocycles. The maximum Gasteiger partial charge on any atom is 0.363 e. The van der Waals surface area contributed by atoms with Gasteiger partial charge in [0.2, 0.25) is 0 Å². The third-order valence-corrected chi connectivity index (χ3v) is 3.89. The van der Waals surface area contributed by atoms with Crippen molar-refractivity contribution in [1.82, 2.24) is 0 Å². The molecular formula is C20H18FNO4. The average Bonchev–Trinajstić information content (AvgIpc) is 2.99. The Kier molecular flexibility index (Phi) is 5.31. The number of cyclic esters (lactones) is 1. The topological polar surface area (TPSA) is 57.1 Å². The molecule has 2 aromatic carbocycles. The second kappa shape index (κ2) is 7.82. The predicted octanol–water partition coefficient (Wildman–Crippen LogP) is 3.77. The number of carbonyl (C=O) groups excluding carboxylic acids is 1. The van der Waals surface area contributed by atoms with Gasteiger partial charge in [-0.05, 0) is 47.9 Å². The first-order valence-electron chi connectivity index (χ1n) is 8.07. The molecule has 0 amide bonds. The number of esters is 1. The number of halogens is 1. The summed E-state index contributed by atoms with van der Waals surface area (Å²) in [6, 6.07) is 11.6. The fourth-order valence-electron chi connectivity index (χ4n) is 2.60. The van der Waals surface area contributed by atoms with Crippen molar-refractivity contribution in [2.24, 2.45) is 4.99 Å². The highest BCUT2D eigenvalue weighted by Crippen LogP contribution is 2.29. The van der Waals surface area contributed by atoms with Gasteiger partial charge in [0, 0.05) is 6.42 Å². The molecule has 5 nitrogen and oxygen atoms in total. The first-order chi connectivity index (χ1) is 12.6. The lowest BCUT2D eigenvalue weighted by Crippen LogP contribution is -2.05. The van der Waals surface area contributed by atoms with E-state index in [1.54, 1.807) is 44.6 Å². The lowest BCUT2D eigenvalue weighted by atomic mass is 10.1. The van der Waals surface area contributed by atoms with Crippen LogP contribution in [0.1, 0.15) is 17.5 Å². The monoisotopic (exact) mass is 355 g/mol. The van der Waals surface area contributed by atoms with Crippen molar-refractivity contribution in [2.45, 2.75) is 12.8 Å². The summed E-state index contributed by atoms with van der Waals surface area (Å²) in [5.74, 6) is 0.688. The maximum atomic E-state index is 13.2. The third kappa shape index (κ3) is 4.08. The lowest BCUT2D eigenvalue weighted by molar-refractivity contribution is -0.130. The highest BCUT2D eigenvalue weighted by molar-refractivity contribution is 6.07. The molecule has 1 aliphatic rings. The summed E-state index contributed by atoms with van der Waals surface area (Å²) >= 11 is 0. The van der Waals surface area contributed by atoms with E-state index in [-0.39, 0.29) is 11.5 Å². The number of aliphatic imine (C=N–C) groups is 1. The summed E-state index contributed by atoms with van der Waals surface area (Å²) in [6.07, 6.45) is 2.57. The molecule has 0 N–H and O–H groups in total. The van der Waals surface area contributed by atoms with Crippen LogP contribution in [0.3, 0.4) is 0 Å². The minimum absolute atomic E-state index is 0.214. The molecule has 0 aromatic heterocycles. The van der Waals surface area contributed by atoms with Gasteiger partial charge in [0.1, 0.15) is 5.82 Å². The van der Waals surface area contributed by atoms with Crippen LogP contribution in [0.4, 0.5) is 4.39 Å². The standard InChI is InChI=1S/C20H18FNO4/c1-24-17-8-6-14(12-18(17)25-2)11-16-20(23)26-19(22-16)9-7-13-4-3-5-15(21)10-13/h3-6,8,10-12H,7,9H2,1-2H3/b16-11+. The smallest absolute Gasteiger partial charge is 0.363 e. The van der Waals surface area contributed by atoms with Gasteiger partial charge in [-0.1, -0.05) is 18.2 Å². The maximum absolute atomic E-state index is 13.2. The van der Waals surface area contributed by atoms with Crippen molar-refractivity contribution in [3.05, 3.63) is 65.1 Å². The average molecular weight is 355 g/mol. The number of nitrogens with zero attached hydrogens (tertiary/aromatic N) is 1. The highest BCUT2D eigenvalue weighted by Gasteiger charge is 2.22. The molecule has 0 radical (unpaired) electrons. The summed E-state index contributed by atoms with van der Waals surface area (Å²) in [4.78, 5) is 16.3. The molecule has 1 heterocycles. The SMILES string of the molecule is COc1ccc(/C=C2/N=C(CCc3cccc(F)c3)OC2=O)cc1OC. The zero-order chi connectivity index (χ0) is 18.5. The van der Waals surface area contributed by atoms with E-state index in [2.05, 4.69) is 4.99 Å². The molecule has 3 rings (SSSR count). The van der Waals surface area contributed by atoms with Crippen LogP contribution in [0.15, 0.2) is 53.2 Å². The Balaban J connectivity index is 1.74. The lowest BCUT2D eigenvalue weighted by Gasteiger charge is -2.07. The van der Waals surface area contributed by atoms with Crippen molar-refractivity contribution in [1.29, 1.82) is 0 Å². The molecule has 0 fully saturated rings. The summed E-state index contributed by atoms with van der Waals surface area (Å²) in [5.41, 5.74) is 1.78. The number of ether oxygens (including phenoxy) is 3. The van der Waals surface area contributed by atoms with Gasteiger partial charge < -0.3 is 14.2 Å². The van der Waals surface area contributed by atoms with Crippen LogP contribution in [0.2, 0.25) is 0 Å². The minimum Gasteiger partial charge on any atom is -0.493 e. The quantitative estimate of drug-likeness (QED) is 0.585. The summed E-state index contributed by atoms with van der Waals surface area (Å²) in [5, 5.41) is 0. The second-order valence-electron chi connectivity index (χ2n) is 5.67. The number of rotatable bonds is 6. The second-order valence-corrected chi connectivity index (χ2v) is 5.67. The summed E-state index contributed by atoms with van der Waals surface area (Å²) < 4.78 is 28.8. The first-order valence-corrected chi connectivity index (χ1v) is 8.07. The van der Waals surface area contributed by atoms with Crippen molar-refractivity contribution >= 4 is 17.9 Å². The largest absolute Gasteiger partial charge is 0.493 e. The van der Waals surface area contributed by atoms with E-state index >= 15 is 0 Å². The van der Waals surface area contributed by atoms with Crippen LogP contribution in [-0.2, 0) is 16.0 Å². The predicted molar refractivity (Wildman–Crippen MR) is 95.8 cm³/mol. The van der Waals surface area contributed by atoms with Crippen molar-refractivity contribution in [3.8, 4) is 11.5 Å². The van der Waals surface area contributed by atoms with E-state index in [0.29, 0.717) is 30.2 Å². The number of hydrogen-bond donors (Lipinski definition) is 0. The Morgan fingerprint density at radius 2 is 1.88 bits per heavy atom. The van der Waals surface area contributed by atoms with Gasteiger partial charge in [-0.15, -0.1) is 0 Å².